The van der Waals surface area contributed by atoms with Gasteiger partial charge in [0.15, 0.2) is 18.1 Å². The number of aromatic nitrogens is 2. The van der Waals surface area contributed by atoms with Gasteiger partial charge >= 0.3 is 11.9 Å². The number of H-pyrrole nitrogens is 1. The summed E-state index contributed by atoms with van der Waals surface area (Å²) in [6.45, 7) is 0. The SMILES string of the molecule is CO[C@H]1[C@@H](O)[C@H](n2ccc(=O)[nH]c2=O)O[C@@H]1[C@@H](O[C@H]1OC(C(=O)Nc2ccc(C(F)(F)F)cc2)=C[C@H](O)[C@@H]1O)C(N)=O. The molecule has 2 aliphatic heterocycles. The molecule has 0 saturated carbocycles. The van der Waals surface area contributed by atoms with E-state index in [0.29, 0.717) is 0 Å². The van der Waals surface area contributed by atoms with Crippen LogP contribution in [-0.2, 0) is 34.7 Å². The van der Waals surface area contributed by atoms with Gasteiger partial charge < -0.3 is 45.3 Å². The molecule has 0 aliphatic carbocycles. The Bertz CT molecular complexity index is 1460. The topological polar surface area (TPSA) is 225 Å². The minimum absolute atomic E-state index is 0.0644. The molecule has 4 rings (SSSR count). The number of hydrogen-bond donors (Lipinski definition) is 6. The lowest BCUT2D eigenvalue weighted by molar-refractivity contribution is -0.241. The zero-order chi connectivity index (χ0) is 30.9. The van der Waals surface area contributed by atoms with Gasteiger partial charge in [0.1, 0.15) is 30.5 Å². The van der Waals surface area contributed by atoms with Gasteiger partial charge in [-0.15, -0.1) is 0 Å². The maximum atomic E-state index is 12.8. The molecule has 42 heavy (non-hydrogen) atoms. The summed E-state index contributed by atoms with van der Waals surface area (Å²) in [5.41, 5.74) is 2.77. The molecule has 0 unspecified atom stereocenters. The summed E-state index contributed by atoms with van der Waals surface area (Å²) in [4.78, 5) is 50.8. The maximum absolute atomic E-state index is 12.8. The average molecular weight is 602 g/mol. The van der Waals surface area contributed by atoms with Crippen molar-refractivity contribution in [1.82, 2.24) is 9.55 Å². The van der Waals surface area contributed by atoms with Crippen LogP contribution in [0.25, 0.3) is 0 Å². The van der Waals surface area contributed by atoms with Crippen molar-refractivity contribution < 1.29 is 57.0 Å². The van der Waals surface area contributed by atoms with E-state index in [4.69, 9.17) is 24.7 Å². The van der Waals surface area contributed by atoms with Gasteiger partial charge in [0.2, 0.25) is 12.2 Å². The predicted molar refractivity (Wildman–Crippen MR) is 131 cm³/mol. The van der Waals surface area contributed by atoms with Crippen molar-refractivity contribution in [2.24, 2.45) is 5.73 Å². The van der Waals surface area contributed by atoms with Crippen LogP contribution in [0.5, 0.6) is 0 Å². The number of primary amides is 1. The van der Waals surface area contributed by atoms with E-state index in [-0.39, 0.29) is 5.69 Å². The van der Waals surface area contributed by atoms with Crippen LogP contribution in [0.15, 0.2) is 58.0 Å². The van der Waals surface area contributed by atoms with Crippen LogP contribution in [0.2, 0.25) is 0 Å². The predicted octanol–water partition coefficient (Wildman–Crippen LogP) is -1.70. The minimum Gasteiger partial charge on any atom is -0.456 e. The molecule has 1 aromatic heterocycles. The number of anilines is 1. The van der Waals surface area contributed by atoms with E-state index in [1.54, 1.807) is 0 Å². The number of benzene rings is 1. The molecule has 0 bridgehead atoms. The summed E-state index contributed by atoms with van der Waals surface area (Å²) in [7, 11) is 1.14. The first kappa shape index (κ1) is 30.9. The number of aliphatic hydroxyl groups is 3. The summed E-state index contributed by atoms with van der Waals surface area (Å²) < 4.78 is 61.0. The molecule has 1 saturated heterocycles. The minimum atomic E-state index is -4.60. The van der Waals surface area contributed by atoms with E-state index in [1.165, 1.54) is 0 Å². The second-order valence-electron chi connectivity index (χ2n) is 9.19. The lowest BCUT2D eigenvalue weighted by atomic mass is 10.0. The normalized spacial score (nSPS) is 28.5. The largest absolute Gasteiger partial charge is 0.456 e. The number of aromatic amines is 1. The van der Waals surface area contributed by atoms with Crippen LogP contribution in [0, 0.1) is 0 Å². The van der Waals surface area contributed by atoms with E-state index < -0.39 is 89.7 Å². The number of alkyl halides is 3. The van der Waals surface area contributed by atoms with Gasteiger partial charge in [-0.1, -0.05) is 0 Å². The molecule has 228 valence electrons. The van der Waals surface area contributed by atoms with Gasteiger partial charge in [0, 0.05) is 25.1 Å². The van der Waals surface area contributed by atoms with Crippen LogP contribution in [0.4, 0.5) is 18.9 Å². The summed E-state index contributed by atoms with van der Waals surface area (Å²) in [5, 5.41) is 33.7. The number of amides is 2. The molecule has 2 aromatic rings. The maximum Gasteiger partial charge on any atom is 0.416 e. The quantitative estimate of drug-likeness (QED) is 0.200. The number of ether oxygens (including phenoxy) is 4. The summed E-state index contributed by atoms with van der Waals surface area (Å²) >= 11 is 0. The smallest absolute Gasteiger partial charge is 0.416 e. The van der Waals surface area contributed by atoms with Gasteiger partial charge in [-0.25, -0.2) is 4.79 Å². The summed E-state index contributed by atoms with van der Waals surface area (Å²) in [6.07, 6.45) is -16.3. The first-order valence-electron chi connectivity index (χ1n) is 12.1. The molecule has 18 heteroatoms. The lowest BCUT2D eigenvalue weighted by Gasteiger charge is -2.35. The van der Waals surface area contributed by atoms with Crippen molar-refractivity contribution >= 4 is 17.5 Å². The molecule has 8 atom stereocenters. The number of methoxy groups -OCH3 is 1. The number of carbonyl (C=O) groups excluding carboxylic acids is 2. The van der Waals surface area contributed by atoms with Crippen molar-refractivity contribution in [3.05, 3.63) is 74.8 Å². The van der Waals surface area contributed by atoms with Gasteiger partial charge in [0.25, 0.3) is 11.5 Å². The average Bonchev–Trinajstić information content (AvgIpc) is 3.24. The Hall–Kier alpha value is -4.07. The fourth-order valence-corrected chi connectivity index (χ4v) is 4.32. The Morgan fingerprint density at radius 1 is 1.12 bits per heavy atom. The van der Waals surface area contributed by atoms with Crippen molar-refractivity contribution in [2.75, 3.05) is 12.4 Å². The molecule has 1 aromatic carbocycles. The third kappa shape index (κ3) is 6.37. The van der Waals surface area contributed by atoms with Crippen molar-refractivity contribution in [1.29, 1.82) is 0 Å². The Morgan fingerprint density at radius 2 is 1.79 bits per heavy atom. The van der Waals surface area contributed by atoms with E-state index >= 15 is 0 Å². The van der Waals surface area contributed by atoms with Crippen LogP contribution in [-0.4, -0.2) is 86.7 Å². The van der Waals surface area contributed by atoms with Crippen molar-refractivity contribution in [3.63, 3.8) is 0 Å². The van der Waals surface area contributed by atoms with E-state index in [9.17, 15) is 47.7 Å². The molecule has 2 amide bonds. The first-order valence-corrected chi connectivity index (χ1v) is 12.1. The molecule has 15 nitrogen and oxygen atoms in total. The van der Waals surface area contributed by atoms with Crippen LogP contribution < -0.4 is 22.3 Å². The number of nitrogens with two attached hydrogens (primary N) is 1. The molecular formula is C24H25F3N4O11. The number of carbonyl (C=O) groups is 2. The molecule has 0 spiro atoms. The lowest BCUT2D eigenvalue weighted by Crippen LogP contribution is -2.53. The summed E-state index contributed by atoms with van der Waals surface area (Å²) in [6, 6.07) is 4.38. The second kappa shape index (κ2) is 12.0. The van der Waals surface area contributed by atoms with Crippen LogP contribution in [0.1, 0.15) is 11.8 Å². The standard InChI is InChI=1S/C24H25F3N4O11/c1-39-16-15(35)21(31-7-6-13(33)30-23(31)38)41-17(16)18(19(28)36)42-22-14(34)11(32)8-12(40-22)20(37)29-10-4-2-9(3-5-10)24(25,26)27/h2-8,11,14-18,21-22,32,34-35H,1H3,(H2,28,36)(H,29,37)(H,30,33,38)/t11-,14-,15+,16-,17-,18+,21+,22+/m0/s1. The zero-order valence-corrected chi connectivity index (χ0v) is 21.4. The van der Waals surface area contributed by atoms with Gasteiger partial charge in [0.05, 0.1) is 5.56 Å². The number of halogens is 3. The highest BCUT2D eigenvalue weighted by Gasteiger charge is 2.52. The third-order valence-corrected chi connectivity index (χ3v) is 6.39. The number of hydrogen-bond acceptors (Lipinski definition) is 11. The van der Waals surface area contributed by atoms with Gasteiger partial charge in [-0.05, 0) is 30.3 Å². The van der Waals surface area contributed by atoms with E-state index in [2.05, 4.69) is 5.32 Å². The van der Waals surface area contributed by atoms with Crippen LogP contribution in [0.3, 0.4) is 0 Å². The van der Waals surface area contributed by atoms with Crippen LogP contribution >= 0.6 is 0 Å². The molecular weight excluding hydrogens is 577 g/mol. The van der Waals surface area contributed by atoms with Crippen molar-refractivity contribution in [3.8, 4) is 0 Å². The fraction of sp³-hybridized carbons (Fsp3) is 0.417. The highest BCUT2D eigenvalue weighted by Crippen LogP contribution is 2.34. The van der Waals surface area contributed by atoms with E-state index in [1.807, 2.05) is 4.98 Å². The second-order valence-corrected chi connectivity index (χ2v) is 9.19. The number of aliphatic hydroxyl groups excluding tert-OH is 3. The molecule has 1 fully saturated rings. The fourth-order valence-electron chi connectivity index (χ4n) is 4.32. The highest BCUT2D eigenvalue weighted by molar-refractivity contribution is 6.02. The number of nitrogens with one attached hydrogen (secondary N) is 2. The Kier molecular flexibility index (Phi) is 8.85. The number of nitrogens with zero attached hydrogens (tertiary/aromatic N) is 1. The van der Waals surface area contributed by atoms with Gasteiger partial charge in [-0.3, -0.25) is 23.9 Å². The Morgan fingerprint density at radius 3 is 2.36 bits per heavy atom. The third-order valence-electron chi connectivity index (χ3n) is 6.39. The van der Waals surface area contributed by atoms with Crippen molar-refractivity contribution in [2.45, 2.75) is 55.3 Å². The first-order chi connectivity index (χ1) is 19.7. The monoisotopic (exact) mass is 602 g/mol. The Balaban J connectivity index is 1.52. The highest BCUT2D eigenvalue weighted by atomic mass is 19.4. The molecule has 3 heterocycles. The Labute approximate surface area is 232 Å². The van der Waals surface area contributed by atoms with E-state index in [0.717, 1.165) is 54.3 Å². The molecule has 7 N–H and O–H groups in total. The summed E-state index contributed by atoms with van der Waals surface area (Å²) in [5.74, 6) is -2.90. The zero-order valence-electron chi connectivity index (χ0n) is 21.4. The molecule has 0 radical (unpaired) electrons. The van der Waals surface area contributed by atoms with Gasteiger partial charge in [-0.2, -0.15) is 13.2 Å². The number of rotatable bonds is 8. The molecule has 2 aliphatic rings.